The number of benzene rings is 2. The number of aryl methyl sites for hydroxylation is 1. The van der Waals surface area contributed by atoms with Crippen LogP contribution in [0.25, 0.3) is 0 Å². The fourth-order valence-corrected chi connectivity index (χ4v) is 3.78. The van der Waals surface area contributed by atoms with Crippen LogP contribution in [0.5, 0.6) is 17.2 Å². The quantitative estimate of drug-likeness (QED) is 0.609. The average Bonchev–Trinajstić information content (AvgIpc) is 2.81. The summed E-state index contributed by atoms with van der Waals surface area (Å²) in [5.74, 6) is 1.05. The van der Waals surface area contributed by atoms with Crippen LogP contribution >= 0.6 is 0 Å². The number of esters is 1. The Labute approximate surface area is 194 Å². The fraction of sp³-hybridized carbons (Fsp3) is 0.360. The highest BCUT2D eigenvalue weighted by atomic mass is 16.5. The number of ether oxygens (including phenoxy) is 4. The Kier molecular flexibility index (Phi) is 7.48. The summed E-state index contributed by atoms with van der Waals surface area (Å²) in [6.45, 7) is 5.89. The maximum absolute atomic E-state index is 13.1. The molecule has 2 aromatic carbocycles. The van der Waals surface area contributed by atoms with Gasteiger partial charge in [0.05, 0.1) is 38.1 Å². The Balaban J connectivity index is 2.13. The van der Waals surface area contributed by atoms with Crippen LogP contribution in [0.15, 0.2) is 47.7 Å². The SMILES string of the molecule is CCOC(=O)C1=C(COc2cccc(C)c2C)N(C)C(=O)NC1c1cccc(OC)c1OC. The molecule has 0 aliphatic carbocycles. The third kappa shape index (κ3) is 4.74. The number of methoxy groups -OCH3 is 2. The third-order valence-corrected chi connectivity index (χ3v) is 5.74. The normalized spacial score (nSPS) is 15.8. The van der Waals surface area contributed by atoms with Crippen LogP contribution in [0.2, 0.25) is 0 Å². The smallest absolute Gasteiger partial charge is 0.338 e. The van der Waals surface area contributed by atoms with Crippen LogP contribution in [0.3, 0.4) is 0 Å². The molecule has 33 heavy (non-hydrogen) atoms. The fourth-order valence-electron chi connectivity index (χ4n) is 3.78. The number of carbonyl (C=O) groups is 2. The van der Waals surface area contributed by atoms with E-state index >= 15 is 0 Å². The molecule has 3 rings (SSSR count). The number of amides is 2. The second kappa shape index (κ2) is 10.3. The monoisotopic (exact) mass is 454 g/mol. The van der Waals surface area contributed by atoms with Gasteiger partial charge in [-0.05, 0) is 44.0 Å². The van der Waals surface area contributed by atoms with Crippen molar-refractivity contribution in [1.82, 2.24) is 10.2 Å². The van der Waals surface area contributed by atoms with E-state index < -0.39 is 12.0 Å². The number of hydrogen-bond acceptors (Lipinski definition) is 6. The van der Waals surface area contributed by atoms with Gasteiger partial charge in [0, 0.05) is 12.6 Å². The largest absolute Gasteiger partial charge is 0.493 e. The number of carbonyl (C=O) groups excluding carboxylic acids is 2. The molecule has 1 N–H and O–H groups in total. The first-order valence-electron chi connectivity index (χ1n) is 10.7. The molecule has 0 bridgehead atoms. The molecule has 1 aliphatic heterocycles. The maximum atomic E-state index is 13.1. The molecule has 0 radical (unpaired) electrons. The first kappa shape index (κ1) is 24.0. The summed E-state index contributed by atoms with van der Waals surface area (Å²) in [6, 6.07) is 9.87. The Morgan fingerprint density at radius 1 is 1.06 bits per heavy atom. The molecule has 0 saturated carbocycles. The van der Waals surface area contributed by atoms with E-state index in [1.54, 1.807) is 32.2 Å². The van der Waals surface area contributed by atoms with Gasteiger partial charge in [-0.3, -0.25) is 4.90 Å². The molecule has 0 aromatic heterocycles. The van der Waals surface area contributed by atoms with Crippen LogP contribution in [-0.2, 0) is 9.53 Å². The lowest BCUT2D eigenvalue weighted by atomic mass is 9.93. The molecule has 0 saturated heterocycles. The predicted octanol–water partition coefficient (Wildman–Crippen LogP) is 3.91. The number of likely N-dealkylation sites (N-methyl/N-ethyl adjacent to an activating group) is 1. The van der Waals surface area contributed by atoms with Crippen molar-refractivity contribution in [2.24, 2.45) is 0 Å². The highest BCUT2D eigenvalue weighted by Crippen LogP contribution is 2.40. The highest BCUT2D eigenvalue weighted by Gasteiger charge is 2.38. The summed E-state index contributed by atoms with van der Waals surface area (Å²) >= 11 is 0. The minimum Gasteiger partial charge on any atom is -0.493 e. The summed E-state index contributed by atoms with van der Waals surface area (Å²) in [6.07, 6.45) is 0. The molecule has 2 aromatic rings. The minimum absolute atomic E-state index is 0.00510. The summed E-state index contributed by atoms with van der Waals surface area (Å²) in [7, 11) is 4.63. The third-order valence-electron chi connectivity index (χ3n) is 5.74. The molecule has 1 atom stereocenters. The number of rotatable bonds is 8. The Morgan fingerprint density at radius 2 is 1.76 bits per heavy atom. The van der Waals surface area contributed by atoms with Gasteiger partial charge in [-0.2, -0.15) is 0 Å². The van der Waals surface area contributed by atoms with E-state index in [1.807, 2.05) is 32.0 Å². The number of para-hydroxylation sites is 1. The summed E-state index contributed by atoms with van der Waals surface area (Å²) in [4.78, 5) is 27.4. The molecule has 0 fully saturated rings. The zero-order valence-corrected chi connectivity index (χ0v) is 19.9. The Morgan fingerprint density at radius 3 is 2.42 bits per heavy atom. The number of hydrogen-bond donors (Lipinski definition) is 1. The zero-order chi connectivity index (χ0) is 24.1. The van der Waals surface area contributed by atoms with Crippen molar-refractivity contribution in [2.45, 2.75) is 26.8 Å². The highest BCUT2D eigenvalue weighted by molar-refractivity contribution is 5.95. The second-order valence-electron chi connectivity index (χ2n) is 7.59. The first-order chi connectivity index (χ1) is 15.8. The molecule has 2 amide bonds. The van der Waals surface area contributed by atoms with E-state index in [0.29, 0.717) is 28.5 Å². The molecule has 1 heterocycles. The summed E-state index contributed by atoms with van der Waals surface area (Å²) in [5, 5.41) is 2.88. The van der Waals surface area contributed by atoms with E-state index in [-0.39, 0.29) is 24.8 Å². The van der Waals surface area contributed by atoms with Crippen LogP contribution in [0.4, 0.5) is 4.79 Å². The lowest BCUT2D eigenvalue weighted by Gasteiger charge is -2.35. The molecule has 1 aliphatic rings. The van der Waals surface area contributed by atoms with Gasteiger partial charge in [0.15, 0.2) is 11.5 Å². The van der Waals surface area contributed by atoms with Gasteiger partial charge < -0.3 is 24.3 Å². The lowest BCUT2D eigenvalue weighted by molar-refractivity contribution is -0.139. The van der Waals surface area contributed by atoms with Crippen LogP contribution in [0, 0.1) is 13.8 Å². The van der Waals surface area contributed by atoms with Gasteiger partial charge in [-0.15, -0.1) is 0 Å². The van der Waals surface area contributed by atoms with Gasteiger partial charge in [-0.1, -0.05) is 24.3 Å². The topological polar surface area (TPSA) is 86.3 Å². The van der Waals surface area contributed by atoms with E-state index in [4.69, 9.17) is 18.9 Å². The predicted molar refractivity (Wildman–Crippen MR) is 124 cm³/mol. The first-order valence-corrected chi connectivity index (χ1v) is 10.7. The standard InChI is InChI=1S/C25H30N2O6/c1-7-32-24(28)21-18(14-33-19-12-8-10-15(2)16(19)3)27(4)25(29)26-22(21)17-11-9-13-20(30-5)23(17)31-6/h8-13,22H,7,14H2,1-6H3,(H,26,29). The Bertz CT molecular complexity index is 1080. The molecule has 8 nitrogen and oxygen atoms in total. The average molecular weight is 455 g/mol. The van der Waals surface area contributed by atoms with Gasteiger partial charge in [-0.25, -0.2) is 9.59 Å². The maximum Gasteiger partial charge on any atom is 0.338 e. The van der Waals surface area contributed by atoms with E-state index in [2.05, 4.69) is 5.32 Å². The van der Waals surface area contributed by atoms with Crippen molar-refractivity contribution in [2.75, 3.05) is 34.5 Å². The lowest BCUT2D eigenvalue weighted by Crippen LogP contribution is -2.48. The summed E-state index contributed by atoms with van der Waals surface area (Å²) in [5.41, 5.74) is 3.33. The van der Waals surface area contributed by atoms with Crippen molar-refractivity contribution in [3.05, 3.63) is 64.4 Å². The van der Waals surface area contributed by atoms with Crippen LogP contribution in [-0.4, -0.2) is 51.4 Å². The van der Waals surface area contributed by atoms with Gasteiger partial charge in [0.1, 0.15) is 12.4 Å². The van der Waals surface area contributed by atoms with Crippen molar-refractivity contribution in [3.63, 3.8) is 0 Å². The summed E-state index contributed by atoms with van der Waals surface area (Å²) < 4.78 is 22.4. The van der Waals surface area contributed by atoms with E-state index in [1.165, 1.54) is 19.1 Å². The molecule has 1 unspecified atom stereocenters. The molecule has 176 valence electrons. The van der Waals surface area contributed by atoms with Crippen molar-refractivity contribution in [3.8, 4) is 17.2 Å². The van der Waals surface area contributed by atoms with Gasteiger partial charge >= 0.3 is 12.0 Å². The minimum atomic E-state index is -0.810. The van der Waals surface area contributed by atoms with Crippen LogP contribution < -0.4 is 19.5 Å². The van der Waals surface area contributed by atoms with Crippen molar-refractivity contribution in [1.29, 1.82) is 0 Å². The number of nitrogens with zero attached hydrogens (tertiary/aromatic N) is 1. The molecular formula is C25H30N2O6. The molecule has 0 spiro atoms. The molecule has 8 heteroatoms. The Hall–Kier alpha value is -3.68. The van der Waals surface area contributed by atoms with Gasteiger partial charge in [0.2, 0.25) is 0 Å². The van der Waals surface area contributed by atoms with Crippen molar-refractivity contribution >= 4 is 12.0 Å². The number of urea groups is 1. The van der Waals surface area contributed by atoms with Crippen molar-refractivity contribution < 1.29 is 28.5 Å². The van der Waals surface area contributed by atoms with Gasteiger partial charge in [0.25, 0.3) is 0 Å². The molecular weight excluding hydrogens is 424 g/mol. The second-order valence-corrected chi connectivity index (χ2v) is 7.59. The van der Waals surface area contributed by atoms with Crippen LogP contribution in [0.1, 0.15) is 29.7 Å². The van der Waals surface area contributed by atoms with E-state index in [9.17, 15) is 9.59 Å². The van der Waals surface area contributed by atoms with E-state index in [0.717, 1.165) is 11.1 Å². The number of nitrogens with one attached hydrogen (secondary N) is 1. The zero-order valence-electron chi connectivity index (χ0n) is 19.9.